The normalized spacial score (nSPS) is 22.0. The molecule has 8 heavy (non-hydrogen) atoms. The van der Waals surface area contributed by atoms with Crippen molar-refractivity contribution in [2.45, 2.75) is 12.8 Å². The van der Waals surface area contributed by atoms with Crippen LogP contribution in [0.4, 0.5) is 0 Å². The van der Waals surface area contributed by atoms with Gasteiger partial charge in [-0.05, 0) is 19.4 Å². The molecule has 1 heterocycles. The Balaban J connectivity index is 2.17. The predicted molar refractivity (Wildman–Crippen MR) is 35.5 cm³/mol. The maximum Gasteiger partial charge on any atom is 0.0386 e. The van der Waals surface area contributed by atoms with Crippen LogP contribution in [0.5, 0.6) is 0 Å². The van der Waals surface area contributed by atoms with Crippen LogP contribution in [-0.4, -0.2) is 25.8 Å². The van der Waals surface area contributed by atoms with Gasteiger partial charge in [0.15, 0.2) is 0 Å². The predicted octanol–water partition coefficient (Wildman–Crippen LogP) is 0.441. The van der Waals surface area contributed by atoms with Crippen molar-refractivity contribution in [1.29, 1.82) is 0 Å². The second-order valence-corrected chi connectivity index (χ2v) is 2.00. The Morgan fingerprint density at radius 3 is 3.38 bits per heavy atom. The number of hydrogen-bond donors (Lipinski definition) is 1. The lowest BCUT2D eigenvalue weighted by Gasteiger charge is -2.02. The van der Waals surface area contributed by atoms with Gasteiger partial charge in [-0.2, -0.15) is 0 Å². The third kappa shape index (κ3) is 2.07. The topological polar surface area (TPSA) is 24.4 Å². The van der Waals surface area contributed by atoms with Crippen LogP contribution >= 0.6 is 0 Å². The van der Waals surface area contributed by atoms with Crippen molar-refractivity contribution in [3.63, 3.8) is 0 Å². The molecule has 0 aromatic carbocycles. The Morgan fingerprint density at radius 2 is 2.38 bits per heavy atom. The Hall–Kier alpha value is -0.370. The summed E-state index contributed by atoms with van der Waals surface area (Å²) in [4.78, 5) is 4.14. The van der Waals surface area contributed by atoms with Gasteiger partial charge >= 0.3 is 0 Å². The molecule has 1 N–H and O–H groups in total. The third-order valence-corrected chi connectivity index (χ3v) is 1.26. The SMILES string of the molecule is C1=NCCCCNC1. The van der Waals surface area contributed by atoms with Crippen LogP contribution in [0.3, 0.4) is 0 Å². The van der Waals surface area contributed by atoms with Crippen LogP contribution in [0.2, 0.25) is 0 Å². The maximum atomic E-state index is 4.14. The highest BCUT2D eigenvalue weighted by molar-refractivity contribution is 5.59. The summed E-state index contributed by atoms with van der Waals surface area (Å²) < 4.78 is 0. The fourth-order valence-electron chi connectivity index (χ4n) is 0.776. The van der Waals surface area contributed by atoms with E-state index in [2.05, 4.69) is 10.3 Å². The van der Waals surface area contributed by atoms with E-state index in [1.807, 2.05) is 6.21 Å². The molecule has 1 aliphatic heterocycles. The molecule has 46 valence electrons. The fraction of sp³-hybridized carbons (Fsp3) is 0.833. The number of rotatable bonds is 0. The summed E-state index contributed by atoms with van der Waals surface area (Å²) in [6.45, 7) is 3.15. The molecule has 0 saturated carbocycles. The van der Waals surface area contributed by atoms with Crippen molar-refractivity contribution in [2.24, 2.45) is 4.99 Å². The lowest BCUT2D eigenvalue weighted by Crippen LogP contribution is -2.19. The van der Waals surface area contributed by atoms with Crippen LogP contribution in [0.1, 0.15) is 12.8 Å². The van der Waals surface area contributed by atoms with Gasteiger partial charge in [0.2, 0.25) is 0 Å². The highest BCUT2D eigenvalue weighted by Gasteiger charge is 1.88. The van der Waals surface area contributed by atoms with Gasteiger partial charge in [0.1, 0.15) is 0 Å². The maximum absolute atomic E-state index is 4.14. The highest BCUT2D eigenvalue weighted by atomic mass is 14.9. The second kappa shape index (κ2) is 3.61. The summed E-state index contributed by atoms with van der Waals surface area (Å²) in [6.07, 6.45) is 4.47. The lowest BCUT2D eigenvalue weighted by atomic mass is 10.3. The largest absolute Gasteiger partial charge is 0.312 e. The number of nitrogens with zero attached hydrogens (tertiary/aromatic N) is 1. The summed E-state index contributed by atoms with van der Waals surface area (Å²) in [5.41, 5.74) is 0. The van der Waals surface area contributed by atoms with Crippen molar-refractivity contribution in [3.05, 3.63) is 0 Å². The van der Waals surface area contributed by atoms with Gasteiger partial charge in [0, 0.05) is 19.3 Å². The van der Waals surface area contributed by atoms with Crippen LogP contribution in [0.15, 0.2) is 4.99 Å². The fourth-order valence-corrected chi connectivity index (χ4v) is 0.776. The Bertz CT molecular complexity index is 68.6. The molecular weight excluding hydrogens is 100 g/mol. The summed E-state index contributed by atoms with van der Waals surface area (Å²) in [5, 5.41) is 3.24. The van der Waals surface area contributed by atoms with E-state index in [1.165, 1.54) is 12.8 Å². The van der Waals surface area contributed by atoms with E-state index in [1.54, 1.807) is 0 Å². The molecule has 0 unspecified atom stereocenters. The molecule has 0 aromatic heterocycles. The van der Waals surface area contributed by atoms with E-state index in [0.29, 0.717) is 0 Å². The van der Waals surface area contributed by atoms with Crippen molar-refractivity contribution >= 4 is 6.21 Å². The van der Waals surface area contributed by atoms with Gasteiger partial charge in [0.05, 0.1) is 0 Å². The van der Waals surface area contributed by atoms with E-state index in [0.717, 1.165) is 19.6 Å². The molecule has 2 nitrogen and oxygen atoms in total. The smallest absolute Gasteiger partial charge is 0.0386 e. The number of hydrogen-bond acceptors (Lipinski definition) is 2. The third-order valence-electron chi connectivity index (χ3n) is 1.26. The second-order valence-electron chi connectivity index (χ2n) is 2.00. The van der Waals surface area contributed by atoms with Crippen LogP contribution in [0, 0.1) is 0 Å². The quantitative estimate of drug-likeness (QED) is 0.483. The first kappa shape index (κ1) is 5.76. The Labute approximate surface area is 50.0 Å². The van der Waals surface area contributed by atoms with Gasteiger partial charge in [-0.15, -0.1) is 0 Å². The molecule has 0 aliphatic carbocycles. The molecule has 0 atom stereocenters. The van der Waals surface area contributed by atoms with Crippen molar-refractivity contribution in [1.82, 2.24) is 5.32 Å². The summed E-state index contributed by atoms with van der Waals surface area (Å²) in [6, 6.07) is 0. The Kier molecular flexibility index (Phi) is 2.60. The molecule has 0 bridgehead atoms. The number of nitrogens with one attached hydrogen (secondary N) is 1. The van der Waals surface area contributed by atoms with Gasteiger partial charge in [-0.3, -0.25) is 4.99 Å². The standard InChI is InChI=1S/C6H12N2/c1-2-4-8-6-5-7-3-1/h5,8H,1-4,6H2. The summed E-state index contributed by atoms with van der Waals surface area (Å²) in [5.74, 6) is 0. The molecule has 1 aliphatic rings. The molecule has 0 aromatic rings. The van der Waals surface area contributed by atoms with E-state index < -0.39 is 0 Å². The molecule has 0 fully saturated rings. The molecule has 1 rings (SSSR count). The average molecular weight is 112 g/mol. The summed E-state index contributed by atoms with van der Waals surface area (Å²) in [7, 11) is 0. The summed E-state index contributed by atoms with van der Waals surface area (Å²) >= 11 is 0. The highest BCUT2D eigenvalue weighted by Crippen LogP contribution is 1.88. The van der Waals surface area contributed by atoms with E-state index in [-0.39, 0.29) is 0 Å². The van der Waals surface area contributed by atoms with Gasteiger partial charge in [-0.25, -0.2) is 0 Å². The zero-order valence-electron chi connectivity index (χ0n) is 5.06. The zero-order chi connectivity index (χ0) is 5.66. The zero-order valence-corrected chi connectivity index (χ0v) is 5.06. The van der Waals surface area contributed by atoms with E-state index in [9.17, 15) is 0 Å². The molecular formula is C6H12N2. The van der Waals surface area contributed by atoms with Crippen LogP contribution < -0.4 is 5.32 Å². The Morgan fingerprint density at radius 1 is 1.38 bits per heavy atom. The first-order valence-corrected chi connectivity index (χ1v) is 3.19. The average Bonchev–Trinajstić information content (AvgIpc) is 1.62. The molecule has 0 spiro atoms. The van der Waals surface area contributed by atoms with Crippen LogP contribution in [0.25, 0.3) is 0 Å². The molecule has 2 heteroatoms. The molecule has 0 saturated heterocycles. The van der Waals surface area contributed by atoms with Gasteiger partial charge < -0.3 is 5.32 Å². The van der Waals surface area contributed by atoms with Gasteiger partial charge in [0.25, 0.3) is 0 Å². The minimum Gasteiger partial charge on any atom is -0.312 e. The van der Waals surface area contributed by atoms with Gasteiger partial charge in [-0.1, -0.05) is 0 Å². The monoisotopic (exact) mass is 112 g/mol. The van der Waals surface area contributed by atoms with E-state index >= 15 is 0 Å². The number of aliphatic imine (C=N–C) groups is 1. The van der Waals surface area contributed by atoms with Crippen LogP contribution in [-0.2, 0) is 0 Å². The van der Waals surface area contributed by atoms with Crippen molar-refractivity contribution < 1.29 is 0 Å². The first-order valence-electron chi connectivity index (χ1n) is 3.19. The first-order chi connectivity index (χ1) is 4.00. The minimum absolute atomic E-state index is 0.958. The van der Waals surface area contributed by atoms with E-state index in [4.69, 9.17) is 0 Å². The lowest BCUT2D eigenvalue weighted by molar-refractivity contribution is 0.657. The van der Waals surface area contributed by atoms with Crippen molar-refractivity contribution in [3.8, 4) is 0 Å². The molecule has 0 amide bonds. The van der Waals surface area contributed by atoms with Crippen molar-refractivity contribution in [2.75, 3.05) is 19.6 Å². The minimum atomic E-state index is 0.958. The molecule has 0 radical (unpaired) electrons.